The number of thiophene rings is 1. The van der Waals surface area contributed by atoms with E-state index in [0.29, 0.717) is 4.77 Å². The van der Waals surface area contributed by atoms with E-state index < -0.39 is 0 Å². The van der Waals surface area contributed by atoms with Gasteiger partial charge < -0.3 is 4.98 Å². The highest BCUT2D eigenvalue weighted by Gasteiger charge is 2.23. The largest absolute Gasteiger partial charge is 0.323 e. The molecule has 3 aromatic rings. The van der Waals surface area contributed by atoms with Crippen molar-refractivity contribution in [2.45, 2.75) is 26.3 Å². The summed E-state index contributed by atoms with van der Waals surface area (Å²) in [5, 5.41) is 0.823. The molecule has 1 aliphatic heterocycles. The van der Waals surface area contributed by atoms with Gasteiger partial charge in [-0.25, -0.2) is 0 Å². The maximum Gasteiger partial charge on any atom is 0.267 e. The molecule has 124 valence electrons. The number of hydrogen-bond acceptors (Lipinski definition) is 4. The summed E-state index contributed by atoms with van der Waals surface area (Å²) in [6, 6.07) is 9.62. The van der Waals surface area contributed by atoms with Crippen LogP contribution < -0.4 is 5.56 Å². The lowest BCUT2D eigenvalue weighted by atomic mass is 10.1. The molecule has 6 heteroatoms. The van der Waals surface area contributed by atoms with E-state index in [1.807, 2.05) is 30.3 Å². The Balaban J connectivity index is 1.91. The Morgan fingerprint density at radius 2 is 2.08 bits per heavy atom. The first-order chi connectivity index (χ1) is 11.7. The molecule has 1 aliphatic rings. The van der Waals surface area contributed by atoms with Gasteiger partial charge in [0.1, 0.15) is 4.83 Å². The molecule has 24 heavy (non-hydrogen) atoms. The number of aromatic nitrogens is 2. The minimum absolute atomic E-state index is 0.00129. The van der Waals surface area contributed by atoms with E-state index in [2.05, 4.69) is 16.8 Å². The third kappa shape index (κ3) is 2.55. The molecule has 2 aromatic heterocycles. The summed E-state index contributed by atoms with van der Waals surface area (Å²) < 4.78 is 2.08. The van der Waals surface area contributed by atoms with E-state index in [-0.39, 0.29) is 5.56 Å². The average Bonchev–Trinajstić information content (AvgIpc) is 2.93. The first kappa shape index (κ1) is 15.7. The zero-order valence-corrected chi connectivity index (χ0v) is 15.2. The second kappa shape index (κ2) is 6.27. The molecule has 0 atom stereocenters. The zero-order chi connectivity index (χ0) is 16.7. The van der Waals surface area contributed by atoms with Crippen molar-refractivity contribution in [1.29, 1.82) is 0 Å². The minimum atomic E-state index is 0.00129. The van der Waals surface area contributed by atoms with Gasteiger partial charge in [0.25, 0.3) is 5.56 Å². The van der Waals surface area contributed by atoms with Crippen molar-refractivity contribution in [3.05, 3.63) is 55.9 Å². The van der Waals surface area contributed by atoms with Crippen LogP contribution in [-0.2, 0) is 13.0 Å². The van der Waals surface area contributed by atoms with Crippen molar-refractivity contribution in [3.63, 3.8) is 0 Å². The lowest BCUT2D eigenvalue weighted by Crippen LogP contribution is -2.31. The second-order valence-electron chi connectivity index (χ2n) is 6.14. The molecule has 0 spiro atoms. The van der Waals surface area contributed by atoms with Gasteiger partial charge in [0.15, 0.2) is 4.77 Å². The third-order valence-electron chi connectivity index (χ3n) is 4.53. The number of H-pyrrole nitrogens is 1. The standard InChI is InChI=1S/C18H19N3OS2/c1-2-9-20-10-8-13-14(11-20)24-16-15(13)17(22)21(18(23)19-16)12-6-4-3-5-7-12/h3-7H,2,8-11H2,1H3,(H,19,23). The SMILES string of the molecule is CCCN1CCc2c(sc3[nH]c(=S)n(-c4ccccc4)c(=O)c23)C1. The smallest absolute Gasteiger partial charge is 0.267 e. The highest BCUT2D eigenvalue weighted by molar-refractivity contribution is 7.71. The number of nitrogens with one attached hydrogen (secondary N) is 1. The fourth-order valence-electron chi connectivity index (χ4n) is 3.45. The molecule has 0 bridgehead atoms. The average molecular weight is 358 g/mol. The van der Waals surface area contributed by atoms with Gasteiger partial charge >= 0.3 is 0 Å². The molecule has 0 aliphatic carbocycles. The van der Waals surface area contributed by atoms with Crippen LogP contribution in [0.4, 0.5) is 0 Å². The maximum absolute atomic E-state index is 13.2. The molecule has 3 heterocycles. The van der Waals surface area contributed by atoms with Crippen LogP contribution in [0.3, 0.4) is 0 Å². The highest BCUT2D eigenvalue weighted by atomic mass is 32.1. The molecule has 0 radical (unpaired) electrons. The van der Waals surface area contributed by atoms with E-state index in [1.54, 1.807) is 15.9 Å². The summed E-state index contributed by atoms with van der Waals surface area (Å²) in [4.78, 5) is 21.1. The van der Waals surface area contributed by atoms with Crippen molar-refractivity contribution >= 4 is 33.8 Å². The van der Waals surface area contributed by atoms with Gasteiger partial charge in [-0.05, 0) is 49.3 Å². The van der Waals surface area contributed by atoms with Gasteiger partial charge in [-0.2, -0.15) is 0 Å². The van der Waals surface area contributed by atoms with Crippen molar-refractivity contribution in [1.82, 2.24) is 14.5 Å². The third-order valence-corrected chi connectivity index (χ3v) is 5.95. The van der Waals surface area contributed by atoms with E-state index in [9.17, 15) is 4.79 Å². The number of hydrogen-bond donors (Lipinski definition) is 1. The Labute approximate surface area is 149 Å². The predicted octanol–water partition coefficient (Wildman–Crippen LogP) is 3.88. The molecule has 1 N–H and O–H groups in total. The van der Waals surface area contributed by atoms with E-state index in [0.717, 1.165) is 48.4 Å². The summed E-state index contributed by atoms with van der Waals surface area (Å²) >= 11 is 7.14. The molecule has 4 rings (SSSR count). The van der Waals surface area contributed by atoms with Gasteiger partial charge in [-0.1, -0.05) is 25.1 Å². The van der Waals surface area contributed by atoms with Crippen LogP contribution in [0.25, 0.3) is 15.9 Å². The number of aromatic amines is 1. The van der Waals surface area contributed by atoms with Crippen LogP contribution in [-0.4, -0.2) is 27.5 Å². The minimum Gasteiger partial charge on any atom is -0.323 e. The molecule has 0 saturated carbocycles. The predicted molar refractivity (Wildman–Crippen MR) is 102 cm³/mol. The number of para-hydroxylation sites is 1. The van der Waals surface area contributed by atoms with Gasteiger partial charge in [0.05, 0.1) is 11.1 Å². The number of benzene rings is 1. The zero-order valence-electron chi connectivity index (χ0n) is 13.5. The van der Waals surface area contributed by atoms with Crippen LogP contribution >= 0.6 is 23.6 Å². The van der Waals surface area contributed by atoms with Crippen LogP contribution in [0.15, 0.2) is 35.1 Å². The van der Waals surface area contributed by atoms with Gasteiger partial charge in [0.2, 0.25) is 0 Å². The summed E-state index contributed by atoms with van der Waals surface area (Å²) in [6.07, 6.45) is 2.09. The monoisotopic (exact) mass is 357 g/mol. The molecule has 4 nitrogen and oxygen atoms in total. The van der Waals surface area contributed by atoms with Crippen LogP contribution in [0.5, 0.6) is 0 Å². The van der Waals surface area contributed by atoms with Gasteiger partial charge in [-0.3, -0.25) is 14.3 Å². The molecule has 0 fully saturated rings. The Hall–Kier alpha value is -1.76. The fourth-order valence-corrected chi connectivity index (χ4v) is 5.08. The first-order valence-electron chi connectivity index (χ1n) is 8.26. The normalized spacial score (nSPS) is 14.9. The number of fused-ring (bicyclic) bond motifs is 3. The van der Waals surface area contributed by atoms with Crippen molar-refractivity contribution in [2.75, 3.05) is 13.1 Å². The van der Waals surface area contributed by atoms with E-state index >= 15 is 0 Å². The summed E-state index contributed by atoms with van der Waals surface area (Å²) in [6.45, 7) is 5.27. The van der Waals surface area contributed by atoms with Gasteiger partial charge in [0, 0.05) is 18.0 Å². The van der Waals surface area contributed by atoms with Crippen molar-refractivity contribution < 1.29 is 0 Å². The van der Waals surface area contributed by atoms with Crippen LogP contribution in [0, 0.1) is 4.77 Å². The Bertz CT molecular complexity index is 1000. The Morgan fingerprint density at radius 1 is 1.29 bits per heavy atom. The summed E-state index contributed by atoms with van der Waals surface area (Å²) in [7, 11) is 0. The molecular weight excluding hydrogens is 338 g/mol. The topological polar surface area (TPSA) is 41.0 Å². The summed E-state index contributed by atoms with van der Waals surface area (Å²) in [5.74, 6) is 0. The molecule has 0 unspecified atom stereocenters. The molecule has 1 aromatic carbocycles. The second-order valence-corrected chi connectivity index (χ2v) is 7.63. The molecule has 0 saturated heterocycles. The van der Waals surface area contributed by atoms with Crippen LogP contribution in [0.2, 0.25) is 0 Å². The molecular formula is C18H19N3OS2. The lowest BCUT2D eigenvalue weighted by molar-refractivity contribution is 0.258. The first-order valence-corrected chi connectivity index (χ1v) is 9.49. The van der Waals surface area contributed by atoms with E-state index in [1.165, 1.54) is 10.4 Å². The van der Waals surface area contributed by atoms with Crippen molar-refractivity contribution in [3.8, 4) is 5.69 Å². The highest BCUT2D eigenvalue weighted by Crippen LogP contribution is 2.32. The quantitative estimate of drug-likeness (QED) is 0.723. The van der Waals surface area contributed by atoms with Gasteiger partial charge in [-0.15, -0.1) is 11.3 Å². The maximum atomic E-state index is 13.2. The molecule has 0 amide bonds. The van der Waals surface area contributed by atoms with Crippen molar-refractivity contribution in [2.24, 2.45) is 0 Å². The Morgan fingerprint density at radius 3 is 2.83 bits per heavy atom. The van der Waals surface area contributed by atoms with Crippen LogP contribution in [0.1, 0.15) is 23.8 Å². The number of rotatable bonds is 3. The lowest BCUT2D eigenvalue weighted by Gasteiger charge is -2.26. The summed E-state index contributed by atoms with van der Waals surface area (Å²) in [5.41, 5.74) is 2.03. The van der Waals surface area contributed by atoms with E-state index in [4.69, 9.17) is 12.2 Å². The Kier molecular flexibility index (Phi) is 4.12. The fraction of sp³-hybridized carbons (Fsp3) is 0.333. The number of nitrogens with zero attached hydrogens (tertiary/aromatic N) is 2.